The molecule has 1 heterocycles. The normalized spacial score (nSPS) is 14.3. The quantitative estimate of drug-likeness (QED) is 0.553. The predicted molar refractivity (Wildman–Crippen MR) is 123 cm³/mol. The molecule has 166 valence electrons. The van der Waals surface area contributed by atoms with Gasteiger partial charge in [0.25, 0.3) is 0 Å². The molecule has 0 spiro atoms. The smallest absolute Gasteiger partial charge is 0.245 e. The van der Waals surface area contributed by atoms with E-state index in [9.17, 15) is 9.59 Å². The average molecular weight is 432 g/mol. The van der Waals surface area contributed by atoms with Gasteiger partial charge in [0.1, 0.15) is 6.26 Å². The number of aromatic nitrogens is 1. The standard InChI is InChI=1S/C26H29N3O3/c30-24(27-23-16-17-32-28-23)19-29(18-20-10-4-1-5-11-20)26(31)25(21-12-6-2-7-13-21)22-14-8-3-9-15-22/h2-3,6-9,12-17,20,25H,1,4-5,10-11,18-19H2,(H,27,28,30). The van der Waals surface area contributed by atoms with Gasteiger partial charge in [-0.3, -0.25) is 9.59 Å². The van der Waals surface area contributed by atoms with Gasteiger partial charge in [-0.2, -0.15) is 0 Å². The molecule has 3 aromatic rings. The molecule has 2 aromatic carbocycles. The minimum Gasteiger partial charge on any atom is -0.363 e. The first-order valence-corrected chi connectivity index (χ1v) is 11.3. The lowest BCUT2D eigenvalue weighted by Gasteiger charge is -2.32. The number of carbonyl (C=O) groups is 2. The van der Waals surface area contributed by atoms with Crippen molar-refractivity contribution in [3.63, 3.8) is 0 Å². The molecule has 2 amide bonds. The monoisotopic (exact) mass is 431 g/mol. The van der Waals surface area contributed by atoms with E-state index in [1.807, 2.05) is 60.7 Å². The van der Waals surface area contributed by atoms with Crippen LogP contribution in [-0.2, 0) is 9.59 Å². The van der Waals surface area contributed by atoms with E-state index in [1.54, 1.807) is 11.0 Å². The van der Waals surface area contributed by atoms with Crippen LogP contribution in [0.15, 0.2) is 77.5 Å². The zero-order valence-electron chi connectivity index (χ0n) is 18.2. The summed E-state index contributed by atoms with van der Waals surface area (Å²) in [6, 6.07) is 21.2. The minimum atomic E-state index is -0.458. The summed E-state index contributed by atoms with van der Waals surface area (Å²) < 4.78 is 4.80. The minimum absolute atomic E-state index is 0.0155. The van der Waals surface area contributed by atoms with E-state index in [4.69, 9.17) is 4.52 Å². The molecule has 0 bridgehead atoms. The van der Waals surface area contributed by atoms with Crippen LogP contribution in [0.25, 0.3) is 0 Å². The van der Waals surface area contributed by atoms with Crippen molar-refractivity contribution in [3.8, 4) is 0 Å². The largest absolute Gasteiger partial charge is 0.363 e. The molecule has 32 heavy (non-hydrogen) atoms. The Balaban J connectivity index is 1.60. The van der Waals surface area contributed by atoms with Gasteiger partial charge < -0.3 is 14.7 Å². The van der Waals surface area contributed by atoms with Crippen molar-refractivity contribution < 1.29 is 14.1 Å². The van der Waals surface area contributed by atoms with Crippen molar-refractivity contribution in [2.75, 3.05) is 18.4 Å². The zero-order valence-corrected chi connectivity index (χ0v) is 18.2. The number of anilines is 1. The van der Waals surface area contributed by atoms with Crippen molar-refractivity contribution in [1.82, 2.24) is 10.1 Å². The maximum atomic E-state index is 14.0. The number of benzene rings is 2. The van der Waals surface area contributed by atoms with Crippen molar-refractivity contribution in [1.29, 1.82) is 0 Å². The molecule has 6 nitrogen and oxygen atoms in total. The summed E-state index contributed by atoms with van der Waals surface area (Å²) in [6.45, 7) is 0.569. The molecule has 6 heteroatoms. The van der Waals surface area contributed by atoms with Crippen LogP contribution >= 0.6 is 0 Å². The number of nitrogens with zero attached hydrogens (tertiary/aromatic N) is 2. The van der Waals surface area contributed by atoms with Crippen molar-refractivity contribution in [3.05, 3.63) is 84.1 Å². The fourth-order valence-electron chi connectivity index (χ4n) is 4.50. The summed E-state index contributed by atoms with van der Waals surface area (Å²) >= 11 is 0. The molecular formula is C26H29N3O3. The number of carbonyl (C=O) groups excluding carboxylic acids is 2. The highest BCUT2D eigenvalue weighted by Crippen LogP contribution is 2.29. The third-order valence-electron chi connectivity index (χ3n) is 6.07. The van der Waals surface area contributed by atoms with Gasteiger partial charge in [0.05, 0.1) is 12.5 Å². The van der Waals surface area contributed by atoms with E-state index < -0.39 is 5.92 Å². The first-order valence-electron chi connectivity index (χ1n) is 11.3. The van der Waals surface area contributed by atoms with Gasteiger partial charge in [-0.25, -0.2) is 0 Å². The molecule has 0 atom stereocenters. The number of nitrogens with one attached hydrogen (secondary N) is 1. The lowest BCUT2D eigenvalue weighted by atomic mass is 9.87. The molecule has 1 fully saturated rings. The summed E-state index contributed by atoms with van der Waals surface area (Å²) in [5.41, 5.74) is 1.85. The highest BCUT2D eigenvalue weighted by Gasteiger charge is 2.30. The maximum absolute atomic E-state index is 14.0. The van der Waals surface area contributed by atoms with Gasteiger partial charge in [-0.15, -0.1) is 0 Å². The second-order valence-corrected chi connectivity index (χ2v) is 8.41. The van der Waals surface area contributed by atoms with Gasteiger partial charge in [0, 0.05) is 12.6 Å². The molecule has 0 saturated heterocycles. The number of rotatable bonds is 8. The molecule has 0 aliphatic heterocycles. The van der Waals surface area contributed by atoms with Gasteiger partial charge in [0.15, 0.2) is 5.82 Å². The van der Waals surface area contributed by atoms with Gasteiger partial charge in [0.2, 0.25) is 11.8 Å². The first-order chi connectivity index (χ1) is 15.7. The summed E-state index contributed by atoms with van der Waals surface area (Å²) in [5, 5.41) is 6.47. The molecule has 1 saturated carbocycles. The summed E-state index contributed by atoms with van der Waals surface area (Å²) in [4.78, 5) is 28.5. The lowest BCUT2D eigenvalue weighted by molar-refractivity contribution is -0.136. The molecule has 1 aliphatic carbocycles. The Kier molecular flexibility index (Phi) is 7.33. The maximum Gasteiger partial charge on any atom is 0.245 e. The molecule has 4 rings (SSSR count). The average Bonchev–Trinajstić information content (AvgIpc) is 3.34. The number of amides is 2. The molecule has 0 unspecified atom stereocenters. The van der Waals surface area contributed by atoms with Crippen LogP contribution in [0.4, 0.5) is 5.82 Å². The summed E-state index contributed by atoms with van der Waals surface area (Å²) in [7, 11) is 0. The van der Waals surface area contributed by atoms with E-state index in [1.165, 1.54) is 25.5 Å². The van der Waals surface area contributed by atoms with Crippen LogP contribution in [-0.4, -0.2) is 35.0 Å². The van der Waals surface area contributed by atoms with E-state index in [0.29, 0.717) is 18.3 Å². The molecule has 1 aliphatic rings. The predicted octanol–water partition coefficient (Wildman–Crippen LogP) is 4.85. The van der Waals surface area contributed by atoms with Crippen LogP contribution in [0.1, 0.15) is 49.1 Å². The SMILES string of the molecule is O=C(CN(CC1CCCCC1)C(=O)C(c1ccccc1)c1ccccc1)Nc1ccon1. The highest BCUT2D eigenvalue weighted by molar-refractivity contribution is 5.95. The second-order valence-electron chi connectivity index (χ2n) is 8.41. The fraction of sp³-hybridized carbons (Fsp3) is 0.346. The van der Waals surface area contributed by atoms with E-state index in [2.05, 4.69) is 10.5 Å². The second kappa shape index (κ2) is 10.8. The van der Waals surface area contributed by atoms with Crippen LogP contribution in [0, 0.1) is 5.92 Å². The lowest BCUT2D eigenvalue weighted by Crippen LogP contribution is -2.43. The van der Waals surface area contributed by atoms with Crippen LogP contribution < -0.4 is 5.32 Å². The Bertz CT molecular complexity index is 944. The first kappa shape index (κ1) is 21.8. The number of hydrogen-bond acceptors (Lipinski definition) is 4. The van der Waals surface area contributed by atoms with Crippen LogP contribution in [0.2, 0.25) is 0 Å². The molecule has 0 radical (unpaired) electrons. The Morgan fingerprint density at radius 3 is 2.12 bits per heavy atom. The third-order valence-corrected chi connectivity index (χ3v) is 6.07. The Morgan fingerprint density at radius 2 is 1.56 bits per heavy atom. The topological polar surface area (TPSA) is 75.4 Å². The Morgan fingerprint density at radius 1 is 0.938 bits per heavy atom. The molecule has 1 aromatic heterocycles. The fourth-order valence-corrected chi connectivity index (χ4v) is 4.50. The van der Waals surface area contributed by atoms with E-state index in [-0.39, 0.29) is 18.4 Å². The summed E-state index contributed by atoms with van der Waals surface area (Å²) in [5.74, 6) is -0.0190. The molecular weight excluding hydrogens is 402 g/mol. The van der Waals surface area contributed by atoms with Gasteiger partial charge in [-0.05, 0) is 29.9 Å². The van der Waals surface area contributed by atoms with Crippen LogP contribution in [0.5, 0.6) is 0 Å². The molecule has 1 N–H and O–H groups in total. The Hall–Kier alpha value is -3.41. The van der Waals surface area contributed by atoms with Crippen molar-refractivity contribution >= 4 is 17.6 Å². The Labute approximate surface area is 188 Å². The third kappa shape index (κ3) is 5.63. The zero-order chi connectivity index (χ0) is 22.2. The van der Waals surface area contributed by atoms with Gasteiger partial charge >= 0.3 is 0 Å². The number of hydrogen-bond donors (Lipinski definition) is 1. The van der Waals surface area contributed by atoms with E-state index >= 15 is 0 Å². The van der Waals surface area contributed by atoms with Crippen molar-refractivity contribution in [2.24, 2.45) is 5.92 Å². The van der Waals surface area contributed by atoms with Gasteiger partial charge in [-0.1, -0.05) is 85.1 Å². The summed E-state index contributed by atoms with van der Waals surface area (Å²) in [6.07, 6.45) is 7.19. The van der Waals surface area contributed by atoms with Crippen LogP contribution in [0.3, 0.4) is 0 Å². The highest BCUT2D eigenvalue weighted by atomic mass is 16.5. The van der Waals surface area contributed by atoms with Crippen molar-refractivity contribution in [2.45, 2.75) is 38.0 Å². The van der Waals surface area contributed by atoms with E-state index in [0.717, 1.165) is 24.0 Å².